The Hall–Kier alpha value is -1.62. The lowest BCUT2D eigenvalue weighted by Crippen LogP contribution is -2.29. The molecule has 0 saturated carbocycles. The first-order valence-corrected chi connectivity index (χ1v) is 7.94. The molecule has 1 aromatic rings. The van der Waals surface area contributed by atoms with E-state index in [-0.39, 0.29) is 6.03 Å². The molecule has 0 spiro atoms. The summed E-state index contributed by atoms with van der Waals surface area (Å²) in [7, 11) is 0. The lowest BCUT2D eigenvalue weighted by molar-refractivity contribution is 0.251. The number of aromatic nitrogens is 1. The highest BCUT2D eigenvalue weighted by molar-refractivity contribution is 5.88. The Morgan fingerprint density at radius 3 is 2.57 bits per heavy atom. The van der Waals surface area contributed by atoms with Gasteiger partial charge in [0.05, 0.1) is 0 Å². The van der Waals surface area contributed by atoms with Crippen LogP contribution in [0.2, 0.25) is 0 Å². The molecule has 2 amide bonds. The largest absolute Gasteiger partial charge is 0.338 e. The summed E-state index contributed by atoms with van der Waals surface area (Å²) < 4.78 is 0. The summed E-state index contributed by atoms with van der Waals surface area (Å²) in [6, 6.07) is 5.25. The number of hydrogen-bond acceptors (Lipinski definition) is 3. The third-order valence-electron chi connectivity index (χ3n) is 3.49. The average molecular weight is 292 g/mol. The van der Waals surface area contributed by atoms with E-state index in [1.807, 2.05) is 12.1 Å². The van der Waals surface area contributed by atoms with Gasteiger partial charge in [-0.1, -0.05) is 32.8 Å². The van der Waals surface area contributed by atoms with E-state index >= 15 is 0 Å². The molecule has 0 atom stereocenters. The molecular formula is C16H28N4O. The Bertz CT molecular complexity index is 379. The monoisotopic (exact) mass is 292 g/mol. The number of pyridine rings is 1. The number of rotatable bonds is 10. The molecule has 5 heteroatoms. The third kappa shape index (κ3) is 8.30. The maximum Gasteiger partial charge on any atom is 0.320 e. The van der Waals surface area contributed by atoms with E-state index in [4.69, 9.17) is 0 Å². The summed E-state index contributed by atoms with van der Waals surface area (Å²) in [6.07, 6.45) is 6.30. The minimum Gasteiger partial charge on any atom is -0.338 e. The van der Waals surface area contributed by atoms with Crippen LogP contribution in [0.1, 0.15) is 39.5 Å². The van der Waals surface area contributed by atoms with E-state index in [1.54, 1.807) is 12.3 Å². The van der Waals surface area contributed by atoms with Crippen molar-refractivity contribution in [1.29, 1.82) is 0 Å². The first-order chi connectivity index (χ1) is 10.3. The Morgan fingerprint density at radius 1 is 1.14 bits per heavy atom. The van der Waals surface area contributed by atoms with E-state index in [9.17, 15) is 4.79 Å². The van der Waals surface area contributed by atoms with Gasteiger partial charge in [0.15, 0.2) is 0 Å². The number of nitrogens with zero attached hydrogens (tertiary/aromatic N) is 2. The third-order valence-corrected chi connectivity index (χ3v) is 3.49. The highest BCUT2D eigenvalue weighted by atomic mass is 16.2. The van der Waals surface area contributed by atoms with E-state index in [2.05, 4.69) is 34.4 Å². The number of unbranched alkanes of at least 4 members (excludes halogenated alkanes) is 3. The first-order valence-electron chi connectivity index (χ1n) is 7.94. The summed E-state index contributed by atoms with van der Waals surface area (Å²) >= 11 is 0. The predicted octanol–water partition coefficient (Wildman–Crippen LogP) is 3.11. The molecule has 0 radical (unpaired) electrons. The lowest BCUT2D eigenvalue weighted by Gasteiger charge is -2.17. The van der Waals surface area contributed by atoms with Crippen molar-refractivity contribution < 1.29 is 4.79 Å². The quantitative estimate of drug-likeness (QED) is 0.651. The van der Waals surface area contributed by atoms with E-state index in [1.165, 1.54) is 19.4 Å². The molecule has 0 bridgehead atoms. The summed E-state index contributed by atoms with van der Waals surface area (Å²) in [5.41, 5.74) is 0. The zero-order chi connectivity index (χ0) is 15.3. The number of hydrogen-bond donors (Lipinski definition) is 2. The first kappa shape index (κ1) is 17.4. The van der Waals surface area contributed by atoms with Gasteiger partial charge in [-0.15, -0.1) is 0 Å². The average Bonchev–Trinajstić information content (AvgIpc) is 2.51. The predicted molar refractivity (Wildman–Crippen MR) is 87.5 cm³/mol. The van der Waals surface area contributed by atoms with Gasteiger partial charge in [-0.05, 0) is 44.6 Å². The summed E-state index contributed by atoms with van der Waals surface area (Å²) in [6.45, 7) is 8.56. The van der Waals surface area contributed by atoms with Crippen LogP contribution in [-0.2, 0) is 0 Å². The summed E-state index contributed by atoms with van der Waals surface area (Å²) in [5, 5.41) is 5.56. The van der Waals surface area contributed by atoms with Gasteiger partial charge in [0, 0.05) is 12.7 Å². The second-order valence-electron chi connectivity index (χ2n) is 5.04. The number of nitrogens with one attached hydrogen (secondary N) is 2. The zero-order valence-electron chi connectivity index (χ0n) is 13.3. The zero-order valence-corrected chi connectivity index (χ0v) is 13.3. The van der Waals surface area contributed by atoms with Crippen molar-refractivity contribution >= 4 is 11.8 Å². The molecule has 1 aromatic heterocycles. The van der Waals surface area contributed by atoms with Crippen molar-refractivity contribution in [3.05, 3.63) is 24.4 Å². The fourth-order valence-electron chi connectivity index (χ4n) is 2.15. The molecular weight excluding hydrogens is 264 g/mol. The summed E-state index contributed by atoms with van der Waals surface area (Å²) in [5.74, 6) is 0.578. The molecule has 0 saturated heterocycles. The van der Waals surface area contributed by atoms with Crippen LogP contribution in [0.3, 0.4) is 0 Å². The molecule has 5 nitrogen and oxygen atoms in total. The van der Waals surface area contributed by atoms with Gasteiger partial charge in [0.25, 0.3) is 0 Å². The molecule has 1 heterocycles. The number of carbonyl (C=O) groups excluding carboxylic acids is 1. The minimum atomic E-state index is -0.183. The van der Waals surface area contributed by atoms with E-state index in [0.29, 0.717) is 12.4 Å². The molecule has 0 aliphatic heterocycles. The smallest absolute Gasteiger partial charge is 0.320 e. The number of urea groups is 1. The minimum absolute atomic E-state index is 0.183. The maximum atomic E-state index is 11.6. The Morgan fingerprint density at radius 2 is 1.90 bits per heavy atom. The molecule has 21 heavy (non-hydrogen) atoms. The van der Waals surface area contributed by atoms with Gasteiger partial charge >= 0.3 is 6.03 Å². The SMILES string of the molecule is CCN(CC)CCCCCCNC(=O)Nc1ccccn1. The molecule has 1 rings (SSSR count). The lowest BCUT2D eigenvalue weighted by atomic mass is 10.2. The number of anilines is 1. The second kappa shape index (κ2) is 11.1. The van der Waals surface area contributed by atoms with Crippen molar-refractivity contribution in [2.75, 3.05) is 31.5 Å². The van der Waals surface area contributed by atoms with Gasteiger partial charge in [-0.3, -0.25) is 5.32 Å². The van der Waals surface area contributed by atoms with Crippen molar-refractivity contribution in [2.45, 2.75) is 39.5 Å². The summed E-state index contributed by atoms with van der Waals surface area (Å²) in [4.78, 5) is 18.1. The van der Waals surface area contributed by atoms with Crippen LogP contribution in [0, 0.1) is 0 Å². The van der Waals surface area contributed by atoms with Crippen LogP contribution >= 0.6 is 0 Å². The van der Waals surface area contributed by atoms with Crippen LogP contribution in [0.5, 0.6) is 0 Å². The van der Waals surface area contributed by atoms with Gasteiger partial charge < -0.3 is 10.2 Å². The van der Waals surface area contributed by atoms with Crippen LogP contribution < -0.4 is 10.6 Å². The van der Waals surface area contributed by atoms with Crippen molar-refractivity contribution in [3.8, 4) is 0 Å². The van der Waals surface area contributed by atoms with Crippen molar-refractivity contribution in [2.24, 2.45) is 0 Å². The molecule has 0 aliphatic rings. The van der Waals surface area contributed by atoms with Gasteiger partial charge in [0.2, 0.25) is 0 Å². The molecule has 0 fully saturated rings. The van der Waals surface area contributed by atoms with Crippen LogP contribution in [-0.4, -0.2) is 42.1 Å². The fraction of sp³-hybridized carbons (Fsp3) is 0.625. The van der Waals surface area contributed by atoms with E-state index in [0.717, 1.165) is 25.9 Å². The van der Waals surface area contributed by atoms with E-state index < -0.39 is 0 Å². The Kier molecular flexibility index (Phi) is 9.20. The second-order valence-corrected chi connectivity index (χ2v) is 5.04. The fourth-order valence-corrected chi connectivity index (χ4v) is 2.15. The molecule has 0 unspecified atom stereocenters. The van der Waals surface area contributed by atoms with Crippen LogP contribution in [0.25, 0.3) is 0 Å². The Balaban J connectivity index is 1.98. The Labute approximate surface area is 128 Å². The molecule has 0 aliphatic carbocycles. The normalized spacial score (nSPS) is 10.6. The van der Waals surface area contributed by atoms with Gasteiger partial charge in [-0.25, -0.2) is 9.78 Å². The molecule has 118 valence electrons. The van der Waals surface area contributed by atoms with Gasteiger partial charge in [0.1, 0.15) is 5.82 Å². The highest BCUT2D eigenvalue weighted by Gasteiger charge is 2.01. The van der Waals surface area contributed by atoms with Crippen molar-refractivity contribution in [3.63, 3.8) is 0 Å². The number of amides is 2. The van der Waals surface area contributed by atoms with Gasteiger partial charge in [-0.2, -0.15) is 0 Å². The van der Waals surface area contributed by atoms with Crippen LogP contribution in [0.4, 0.5) is 10.6 Å². The maximum absolute atomic E-state index is 11.6. The molecule has 2 N–H and O–H groups in total. The molecule has 0 aromatic carbocycles. The topological polar surface area (TPSA) is 57.3 Å². The van der Waals surface area contributed by atoms with Crippen molar-refractivity contribution in [1.82, 2.24) is 15.2 Å². The standard InChI is InChI=1S/C16H28N4O/c1-3-20(4-2)14-10-6-5-8-13-18-16(21)19-15-11-7-9-12-17-15/h7,9,11-12H,3-6,8,10,13-14H2,1-2H3,(H2,17,18,19,21). The van der Waals surface area contributed by atoms with Crippen LogP contribution in [0.15, 0.2) is 24.4 Å². The number of carbonyl (C=O) groups is 1. The highest BCUT2D eigenvalue weighted by Crippen LogP contribution is 2.02.